The van der Waals surface area contributed by atoms with E-state index in [1.165, 1.54) is 0 Å². The topological polar surface area (TPSA) is 50.2 Å². The van der Waals surface area contributed by atoms with Crippen LogP contribution in [0.3, 0.4) is 0 Å². The van der Waals surface area contributed by atoms with E-state index >= 15 is 0 Å². The molecule has 0 aromatic carbocycles. The molecule has 0 aromatic heterocycles. The summed E-state index contributed by atoms with van der Waals surface area (Å²) < 4.78 is 4.85. The number of hydrogen-bond acceptors (Lipinski definition) is 4. The Labute approximate surface area is 83.7 Å². The number of nitrogens with one attached hydrogen (secondary N) is 1. The van der Waals surface area contributed by atoms with Crippen molar-refractivity contribution in [3.8, 4) is 0 Å². The van der Waals surface area contributed by atoms with Crippen LogP contribution in [0.25, 0.3) is 0 Å². The largest absolute Gasteiger partial charge is 0.465 e. The van der Waals surface area contributed by atoms with Crippen LogP contribution in [-0.2, 0) is 9.53 Å². The highest BCUT2D eigenvalue weighted by molar-refractivity contribution is 7.99. The van der Waals surface area contributed by atoms with Crippen LogP contribution in [0.1, 0.15) is 26.7 Å². The Kier molecular flexibility index (Phi) is 7.79. The van der Waals surface area contributed by atoms with Gasteiger partial charge in [-0.15, -0.1) is 0 Å². The lowest BCUT2D eigenvalue weighted by Gasteiger charge is -2.03. The third kappa shape index (κ3) is 7.84. The van der Waals surface area contributed by atoms with Gasteiger partial charge >= 0.3 is 5.97 Å². The van der Waals surface area contributed by atoms with E-state index in [1.54, 1.807) is 11.8 Å². The third-order valence-corrected chi connectivity index (χ3v) is 2.27. The first kappa shape index (κ1) is 12.5. The molecule has 0 atom stereocenters. The molecule has 0 heterocycles. The standard InChI is InChI=1S/C9H17NO2S/c1-3-5-12-9(11)6-8(10)7-13-4-2/h10H,3-7H2,1-2H3. The van der Waals surface area contributed by atoms with Gasteiger partial charge in [0.2, 0.25) is 0 Å². The fourth-order valence-corrected chi connectivity index (χ4v) is 1.27. The summed E-state index contributed by atoms with van der Waals surface area (Å²) in [5.41, 5.74) is 0.452. The number of hydrogen-bond donors (Lipinski definition) is 1. The lowest BCUT2D eigenvalue weighted by molar-refractivity contribution is -0.142. The molecule has 0 saturated carbocycles. The zero-order valence-electron chi connectivity index (χ0n) is 8.26. The smallest absolute Gasteiger partial charge is 0.311 e. The lowest BCUT2D eigenvalue weighted by atomic mass is 10.3. The molecule has 13 heavy (non-hydrogen) atoms. The van der Waals surface area contributed by atoms with Crippen LogP contribution < -0.4 is 0 Å². The van der Waals surface area contributed by atoms with E-state index in [-0.39, 0.29) is 12.4 Å². The van der Waals surface area contributed by atoms with Gasteiger partial charge in [-0.2, -0.15) is 11.8 Å². The predicted molar refractivity (Wildman–Crippen MR) is 56.6 cm³/mol. The Balaban J connectivity index is 3.47. The molecule has 0 unspecified atom stereocenters. The molecule has 0 bridgehead atoms. The summed E-state index contributed by atoms with van der Waals surface area (Å²) in [5.74, 6) is 1.34. The fourth-order valence-electron chi connectivity index (χ4n) is 0.717. The summed E-state index contributed by atoms with van der Waals surface area (Å²) in [6.45, 7) is 4.45. The molecule has 0 saturated heterocycles. The van der Waals surface area contributed by atoms with Gasteiger partial charge in [-0.05, 0) is 12.2 Å². The van der Waals surface area contributed by atoms with E-state index < -0.39 is 0 Å². The fraction of sp³-hybridized carbons (Fsp3) is 0.778. The Hall–Kier alpha value is -0.510. The monoisotopic (exact) mass is 203 g/mol. The van der Waals surface area contributed by atoms with E-state index in [2.05, 4.69) is 0 Å². The van der Waals surface area contributed by atoms with Gasteiger partial charge in [0, 0.05) is 11.5 Å². The number of rotatable bonds is 7. The summed E-state index contributed by atoms with van der Waals surface area (Å²) in [6, 6.07) is 0. The maximum atomic E-state index is 11.0. The van der Waals surface area contributed by atoms with Gasteiger partial charge in [0.15, 0.2) is 0 Å². The average molecular weight is 203 g/mol. The van der Waals surface area contributed by atoms with E-state index in [1.807, 2.05) is 13.8 Å². The van der Waals surface area contributed by atoms with Crippen molar-refractivity contribution in [2.45, 2.75) is 26.7 Å². The van der Waals surface area contributed by atoms with Crippen molar-refractivity contribution in [1.29, 1.82) is 5.41 Å². The van der Waals surface area contributed by atoms with Crippen molar-refractivity contribution in [2.75, 3.05) is 18.1 Å². The van der Waals surface area contributed by atoms with E-state index in [4.69, 9.17) is 10.1 Å². The minimum atomic E-state index is -0.274. The maximum Gasteiger partial charge on any atom is 0.311 e. The second-order valence-corrected chi connectivity index (χ2v) is 3.91. The van der Waals surface area contributed by atoms with Gasteiger partial charge in [0.25, 0.3) is 0 Å². The van der Waals surface area contributed by atoms with Crippen molar-refractivity contribution in [3.05, 3.63) is 0 Å². The molecule has 0 fully saturated rings. The van der Waals surface area contributed by atoms with Crippen molar-refractivity contribution < 1.29 is 9.53 Å². The van der Waals surface area contributed by atoms with Gasteiger partial charge in [0.05, 0.1) is 13.0 Å². The van der Waals surface area contributed by atoms with Crippen molar-refractivity contribution in [2.24, 2.45) is 0 Å². The maximum absolute atomic E-state index is 11.0. The van der Waals surface area contributed by atoms with Gasteiger partial charge in [-0.3, -0.25) is 4.79 Å². The summed E-state index contributed by atoms with van der Waals surface area (Å²) >= 11 is 1.65. The van der Waals surface area contributed by atoms with Crippen molar-refractivity contribution in [3.63, 3.8) is 0 Å². The molecule has 0 aliphatic rings. The van der Waals surface area contributed by atoms with Gasteiger partial charge < -0.3 is 10.1 Å². The number of carbonyl (C=O) groups is 1. The van der Waals surface area contributed by atoms with Gasteiger partial charge in [-0.25, -0.2) is 0 Å². The lowest BCUT2D eigenvalue weighted by Crippen LogP contribution is -2.12. The summed E-state index contributed by atoms with van der Waals surface area (Å²) in [4.78, 5) is 11.0. The highest BCUT2D eigenvalue weighted by atomic mass is 32.2. The molecule has 76 valence electrons. The molecule has 0 aromatic rings. The highest BCUT2D eigenvalue weighted by Crippen LogP contribution is 2.01. The Bertz CT molecular complexity index is 153. The van der Waals surface area contributed by atoms with Crippen LogP contribution in [-0.4, -0.2) is 29.8 Å². The quantitative estimate of drug-likeness (QED) is 0.509. The first-order chi connectivity index (χ1) is 6.20. The van der Waals surface area contributed by atoms with E-state index in [9.17, 15) is 4.79 Å². The van der Waals surface area contributed by atoms with Crippen LogP contribution in [0.2, 0.25) is 0 Å². The summed E-state index contributed by atoms with van der Waals surface area (Å²) in [5, 5.41) is 7.44. The van der Waals surface area contributed by atoms with Crippen LogP contribution in [0.5, 0.6) is 0 Å². The zero-order chi connectivity index (χ0) is 10.1. The number of carbonyl (C=O) groups excluding carboxylic acids is 1. The average Bonchev–Trinajstić information content (AvgIpc) is 2.11. The summed E-state index contributed by atoms with van der Waals surface area (Å²) in [7, 11) is 0. The first-order valence-electron chi connectivity index (χ1n) is 4.50. The third-order valence-electron chi connectivity index (χ3n) is 1.31. The molecule has 0 spiro atoms. The predicted octanol–water partition coefficient (Wildman–Crippen LogP) is 2.10. The van der Waals surface area contributed by atoms with Crippen LogP contribution >= 0.6 is 11.8 Å². The highest BCUT2D eigenvalue weighted by Gasteiger charge is 2.06. The van der Waals surface area contributed by atoms with Crippen molar-refractivity contribution >= 4 is 23.4 Å². The van der Waals surface area contributed by atoms with Crippen LogP contribution in [0.4, 0.5) is 0 Å². The molecule has 0 radical (unpaired) electrons. The van der Waals surface area contributed by atoms with Gasteiger partial charge in [-0.1, -0.05) is 13.8 Å². The Morgan fingerprint density at radius 3 is 2.69 bits per heavy atom. The Morgan fingerprint density at radius 2 is 2.15 bits per heavy atom. The molecule has 4 heteroatoms. The van der Waals surface area contributed by atoms with Gasteiger partial charge in [0.1, 0.15) is 0 Å². The number of thioether (sulfide) groups is 1. The minimum Gasteiger partial charge on any atom is -0.465 e. The molecule has 0 aliphatic carbocycles. The molecule has 0 aliphatic heterocycles. The zero-order valence-corrected chi connectivity index (χ0v) is 9.08. The number of esters is 1. The Morgan fingerprint density at radius 1 is 1.46 bits per heavy atom. The van der Waals surface area contributed by atoms with Crippen LogP contribution in [0, 0.1) is 5.41 Å². The SMILES string of the molecule is CCCOC(=O)CC(=N)CSCC. The first-order valence-corrected chi connectivity index (χ1v) is 5.65. The van der Waals surface area contributed by atoms with Crippen LogP contribution in [0.15, 0.2) is 0 Å². The molecule has 0 rings (SSSR count). The summed E-state index contributed by atoms with van der Waals surface area (Å²) in [6.07, 6.45) is 0.982. The normalized spacial score (nSPS) is 9.69. The molecule has 3 nitrogen and oxygen atoms in total. The molecule has 1 N–H and O–H groups in total. The van der Waals surface area contributed by atoms with E-state index in [0.29, 0.717) is 18.1 Å². The molecular formula is C9H17NO2S. The van der Waals surface area contributed by atoms with Crippen molar-refractivity contribution in [1.82, 2.24) is 0 Å². The molecule has 0 amide bonds. The van der Waals surface area contributed by atoms with E-state index in [0.717, 1.165) is 12.2 Å². The minimum absolute atomic E-state index is 0.146. The number of ether oxygens (including phenoxy) is 1. The second-order valence-electron chi connectivity index (χ2n) is 2.64. The molecular weight excluding hydrogens is 186 g/mol. The second kappa shape index (κ2) is 8.10.